The molecule has 2 aromatic rings. The molecule has 0 aromatic heterocycles. The Balaban J connectivity index is 2.39. The van der Waals surface area contributed by atoms with E-state index in [1.165, 1.54) is 7.11 Å². The van der Waals surface area contributed by atoms with Crippen LogP contribution in [0.1, 0.15) is 10.4 Å². The van der Waals surface area contributed by atoms with Crippen molar-refractivity contribution in [2.75, 3.05) is 14.2 Å². The van der Waals surface area contributed by atoms with Gasteiger partial charge in [-0.2, -0.15) is 0 Å². The summed E-state index contributed by atoms with van der Waals surface area (Å²) in [6.07, 6.45) is 0.710. The zero-order chi connectivity index (χ0) is 14.5. The maximum absolute atomic E-state index is 11.0. The van der Waals surface area contributed by atoms with Crippen molar-refractivity contribution >= 4 is 17.9 Å². The monoisotopic (exact) mass is 292 g/mol. The molecule has 0 fully saturated rings. The predicted molar refractivity (Wildman–Crippen MR) is 76.5 cm³/mol. The minimum Gasteiger partial charge on any atom is -0.497 e. The van der Waals surface area contributed by atoms with Gasteiger partial charge in [0.1, 0.15) is 11.5 Å². The Hall–Kier alpha value is -2.20. The summed E-state index contributed by atoms with van der Waals surface area (Å²) in [6.45, 7) is 0. The summed E-state index contributed by atoms with van der Waals surface area (Å²) < 4.78 is 16.1. The fourth-order valence-electron chi connectivity index (χ4n) is 1.67. The molecule has 0 unspecified atom stereocenters. The van der Waals surface area contributed by atoms with E-state index in [9.17, 15) is 4.79 Å². The lowest BCUT2D eigenvalue weighted by atomic mass is 10.2. The number of carbonyl (C=O) groups excluding carboxylic acids is 1. The van der Waals surface area contributed by atoms with Crippen molar-refractivity contribution in [2.45, 2.75) is 0 Å². The Kier molecular flexibility index (Phi) is 4.48. The van der Waals surface area contributed by atoms with Crippen LogP contribution >= 0.6 is 11.6 Å². The third-order valence-electron chi connectivity index (χ3n) is 2.69. The summed E-state index contributed by atoms with van der Waals surface area (Å²) in [5, 5.41) is 0.484. The van der Waals surface area contributed by atoms with Gasteiger partial charge in [-0.1, -0.05) is 11.6 Å². The van der Waals surface area contributed by atoms with Crippen LogP contribution < -0.4 is 14.2 Å². The lowest BCUT2D eigenvalue weighted by Crippen LogP contribution is -1.94. The largest absolute Gasteiger partial charge is 0.497 e. The van der Waals surface area contributed by atoms with E-state index in [-0.39, 0.29) is 0 Å². The van der Waals surface area contributed by atoms with Crippen LogP contribution in [0.25, 0.3) is 0 Å². The molecule has 0 amide bonds. The van der Waals surface area contributed by atoms with Gasteiger partial charge in [0.15, 0.2) is 17.8 Å². The Morgan fingerprint density at radius 1 is 0.950 bits per heavy atom. The number of carbonyl (C=O) groups is 1. The van der Waals surface area contributed by atoms with Gasteiger partial charge in [0.25, 0.3) is 0 Å². The summed E-state index contributed by atoms with van der Waals surface area (Å²) in [5.74, 6) is 1.99. The lowest BCUT2D eigenvalue weighted by molar-refractivity contribution is 0.112. The SMILES string of the molecule is COc1ccc(Oc2cc(Cl)ccc2C=O)c(OC)c1. The molecule has 0 heterocycles. The average molecular weight is 293 g/mol. The summed E-state index contributed by atoms with van der Waals surface area (Å²) in [4.78, 5) is 11.0. The molecule has 0 atom stereocenters. The van der Waals surface area contributed by atoms with E-state index >= 15 is 0 Å². The smallest absolute Gasteiger partial charge is 0.169 e. The van der Waals surface area contributed by atoms with Gasteiger partial charge in [-0.3, -0.25) is 4.79 Å². The second kappa shape index (κ2) is 6.30. The van der Waals surface area contributed by atoms with Gasteiger partial charge in [-0.25, -0.2) is 0 Å². The van der Waals surface area contributed by atoms with E-state index in [0.29, 0.717) is 39.9 Å². The minimum absolute atomic E-state index is 0.371. The maximum Gasteiger partial charge on any atom is 0.169 e. The second-order valence-corrected chi connectivity index (χ2v) is 4.36. The Morgan fingerprint density at radius 3 is 2.40 bits per heavy atom. The van der Waals surface area contributed by atoms with E-state index in [0.717, 1.165) is 0 Å². The summed E-state index contributed by atoms with van der Waals surface area (Å²) in [6, 6.07) is 9.94. The molecule has 5 heteroatoms. The highest BCUT2D eigenvalue weighted by atomic mass is 35.5. The van der Waals surface area contributed by atoms with Gasteiger partial charge in [0.2, 0.25) is 0 Å². The average Bonchev–Trinajstić information content (AvgIpc) is 2.48. The van der Waals surface area contributed by atoms with Crippen LogP contribution in [0.3, 0.4) is 0 Å². The van der Waals surface area contributed by atoms with Gasteiger partial charge in [-0.15, -0.1) is 0 Å². The molecule has 0 bridgehead atoms. The summed E-state index contributed by atoms with van der Waals surface area (Å²) in [7, 11) is 3.09. The van der Waals surface area contributed by atoms with Gasteiger partial charge >= 0.3 is 0 Å². The number of hydrogen-bond donors (Lipinski definition) is 0. The first-order chi connectivity index (χ1) is 9.67. The topological polar surface area (TPSA) is 44.8 Å². The van der Waals surface area contributed by atoms with Crippen LogP contribution in [0.2, 0.25) is 5.02 Å². The molecule has 0 saturated heterocycles. The standard InChI is InChI=1S/C15H13ClO4/c1-18-12-5-6-13(15(8-12)19-2)20-14-7-11(16)4-3-10(14)9-17/h3-9H,1-2H3. The first kappa shape index (κ1) is 14.2. The van der Waals surface area contributed by atoms with E-state index in [2.05, 4.69) is 0 Å². The van der Waals surface area contributed by atoms with Crippen molar-refractivity contribution in [3.8, 4) is 23.0 Å². The molecule has 0 N–H and O–H groups in total. The number of ether oxygens (including phenoxy) is 3. The van der Waals surface area contributed by atoms with Gasteiger partial charge in [-0.05, 0) is 24.3 Å². The van der Waals surface area contributed by atoms with Crippen molar-refractivity contribution < 1.29 is 19.0 Å². The zero-order valence-electron chi connectivity index (χ0n) is 11.1. The third kappa shape index (κ3) is 3.03. The normalized spacial score (nSPS) is 9.95. The molecule has 2 rings (SSSR count). The summed E-state index contributed by atoms with van der Waals surface area (Å²) in [5.41, 5.74) is 0.410. The van der Waals surface area contributed by atoms with Gasteiger partial charge in [0, 0.05) is 17.2 Å². The number of rotatable bonds is 5. The molecule has 4 nitrogen and oxygen atoms in total. The van der Waals surface area contributed by atoms with Crippen LogP contribution in [0.4, 0.5) is 0 Å². The maximum atomic E-state index is 11.0. The van der Waals surface area contributed by atoms with E-state index in [1.54, 1.807) is 43.5 Å². The molecule has 0 aliphatic rings. The quantitative estimate of drug-likeness (QED) is 0.782. The number of benzene rings is 2. The Labute approximate surface area is 121 Å². The zero-order valence-corrected chi connectivity index (χ0v) is 11.8. The van der Waals surface area contributed by atoms with E-state index in [1.807, 2.05) is 0 Å². The third-order valence-corrected chi connectivity index (χ3v) is 2.93. The first-order valence-corrected chi connectivity index (χ1v) is 6.20. The molecule has 20 heavy (non-hydrogen) atoms. The van der Waals surface area contributed by atoms with Gasteiger partial charge in [0.05, 0.1) is 19.8 Å². The van der Waals surface area contributed by atoms with Gasteiger partial charge < -0.3 is 14.2 Å². The van der Waals surface area contributed by atoms with Crippen molar-refractivity contribution in [1.82, 2.24) is 0 Å². The highest BCUT2D eigenvalue weighted by Crippen LogP contribution is 2.36. The number of hydrogen-bond acceptors (Lipinski definition) is 4. The highest BCUT2D eigenvalue weighted by molar-refractivity contribution is 6.30. The van der Waals surface area contributed by atoms with Crippen LogP contribution in [0.15, 0.2) is 36.4 Å². The molecule has 2 aromatic carbocycles. The molecule has 0 radical (unpaired) electrons. The van der Waals surface area contributed by atoms with Crippen molar-refractivity contribution in [3.63, 3.8) is 0 Å². The van der Waals surface area contributed by atoms with Crippen molar-refractivity contribution in [3.05, 3.63) is 47.0 Å². The van der Waals surface area contributed by atoms with E-state index in [4.69, 9.17) is 25.8 Å². The van der Waals surface area contributed by atoms with Crippen molar-refractivity contribution in [2.24, 2.45) is 0 Å². The fraction of sp³-hybridized carbons (Fsp3) is 0.133. The summed E-state index contributed by atoms with van der Waals surface area (Å²) >= 11 is 5.91. The molecule has 104 valence electrons. The van der Waals surface area contributed by atoms with E-state index < -0.39 is 0 Å². The van der Waals surface area contributed by atoms with Crippen LogP contribution in [0.5, 0.6) is 23.0 Å². The number of halogens is 1. The molecular weight excluding hydrogens is 280 g/mol. The van der Waals surface area contributed by atoms with Crippen LogP contribution in [0, 0.1) is 0 Å². The molecular formula is C15H13ClO4. The number of methoxy groups -OCH3 is 2. The highest BCUT2D eigenvalue weighted by Gasteiger charge is 2.10. The Morgan fingerprint density at radius 2 is 1.75 bits per heavy atom. The molecule has 0 aliphatic heterocycles. The molecule has 0 saturated carbocycles. The number of aldehydes is 1. The molecule has 0 aliphatic carbocycles. The fourth-order valence-corrected chi connectivity index (χ4v) is 1.83. The van der Waals surface area contributed by atoms with Crippen LogP contribution in [-0.4, -0.2) is 20.5 Å². The molecule has 0 spiro atoms. The van der Waals surface area contributed by atoms with Crippen LogP contribution in [-0.2, 0) is 0 Å². The van der Waals surface area contributed by atoms with Crippen molar-refractivity contribution in [1.29, 1.82) is 0 Å². The Bertz CT molecular complexity index is 625. The predicted octanol–water partition coefficient (Wildman–Crippen LogP) is 3.96. The minimum atomic E-state index is 0.371. The second-order valence-electron chi connectivity index (χ2n) is 3.92. The lowest BCUT2D eigenvalue weighted by Gasteiger charge is -2.13. The first-order valence-electron chi connectivity index (χ1n) is 5.82.